The molecule has 0 heterocycles. The summed E-state index contributed by atoms with van der Waals surface area (Å²) in [6, 6.07) is 0. The van der Waals surface area contributed by atoms with Gasteiger partial charge in [-0.05, 0) is 26.8 Å². The van der Waals surface area contributed by atoms with Crippen LogP contribution in [0.4, 0.5) is 0 Å². The standard InChI is InChI=1S/C12H25NO2/c1-5-8-12(13-4,9-6-2)10-11(14)15-7-3/h13H,5-10H2,1-4H3. The first-order valence-corrected chi connectivity index (χ1v) is 5.98. The molecule has 0 saturated carbocycles. The van der Waals surface area contributed by atoms with Gasteiger partial charge in [0.1, 0.15) is 0 Å². The van der Waals surface area contributed by atoms with Gasteiger partial charge in [0.25, 0.3) is 0 Å². The van der Waals surface area contributed by atoms with E-state index in [1.165, 1.54) is 0 Å². The smallest absolute Gasteiger partial charge is 0.307 e. The molecular formula is C12H25NO2. The lowest BCUT2D eigenvalue weighted by molar-refractivity contribution is -0.145. The maximum absolute atomic E-state index is 11.5. The van der Waals surface area contributed by atoms with Crippen LogP contribution in [0.25, 0.3) is 0 Å². The number of ether oxygens (including phenoxy) is 1. The van der Waals surface area contributed by atoms with Gasteiger partial charge in [0.05, 0.1) is 13.0 Å². The highest BCUT2D eigenvalue weighted by molar-refractivity contribution is 5.70. The SMILES string of the molecule is CCCC(CCC)(CC(=O)OCC)NC. The van der Waals surface area contributed by atoms with Crippen molar-refractivity contribution in [2.45, 2.75) is 58.4 Å². The van der Waals surface area contributed by atoms with Gasteiger partial charge in [0, 0.05) is 5.54 Å². The average molecular weight is 215 g/mol. The van der Waals surface area contributed by atoms with E-state index in [1.807, 2.05) is 14.0 Å². The van der Waals surface area contributed by atoms with Crippen molar-refractivity contribution in [3.05, 3.63) is 0 Å². The zero-order chi connectivity index (χ0) is 11.7. The minimum atomic E-state index is -0.0891. The highest BCUT2D eigenvalue weighted by Crippen LogP contribution is 2.23. The number of esters is 1. The molecule has 0 fully saturated rings. The summed E-state index contributed by atoms with van der Waals surface area (Å²) in [6.07, 6.45) is 4.70. The quantitative estimate of drug-likeness (QED) is 0.632. The summed E-state index contributed by atoms with van der Waals surface area (Å²) in [6.45, 7) is 6.61. The molecule has 0 amide bonds. The van der Waals surface area contributed by atoms with Crippen LogP contribution in [0.1, 0.15) is 52.9 Å². The normalized spacial score (nSPS) is 11.5. The maximum atomic E-state index is 11.5. The number of carbonyl (C=O) groups is 1. The molecule has 0 aromatic heterocycles. The minimum absolute atomic E-state index is 0.0598. The molecule has 3 nitrogen and oxygen atoms in total. The van der Waals surface area contributed by atoms with Crippen LogP contribution in [-0.4, -0.2) is 25.2 Å². The van der Waals surface area contributed by atoms with E-state index in [0.717, 1.165) is 25.7 Å². The van der Waals surface area contributed by atoms with Crippen molar-refractivity contribution in [1.82, 2.24) is 5.32 Å². The van der Waals surface area contributed by atoms with Gasteiger partial charge < -0.3 is 10.1 Å². The van der Waals surface area contributed by atoms with Crippen LogP contribution >= 0.6 is 0 Å². The summed E-state index contributed by atoms with van der Waals surface area (Å²) in [5.74, 6) is -0.0891. The van der Waals surface area contributed by atoms with Crippen molar-refractivity contribution in [2.24, 2.45) is 0 Å². The average Bonchev–Trinajstić information content (AvgIpc) is 2.18. The molecule has 0 atom stereocenters. The largest absolute Gasteiger partial charge is 0.466 e. The summed E-state index contributed by atoms with van der Waals surface area (Å²) in [5, 5.41) is 3.31. The molecule has 15 heavy (non-hydrogen) atoms. The minimum Gasteiger partial charge on any atom is -0.466 e. The second-order valence-corrected chi connectivity index (χ2v) is 4.01. The summed E-state index contributed by atoms with van der Waals surface area (Å²) >= 11 is 0. The summed E-state index contributed by atoms with van der Waals surface area (Å²) < 4.78 is 5.01. The summed E-state index contributed by atoms with van der Waals surface area (Å²) in [4.78, 5) is 11.5. The van der Waals surface area contributed by atoms with Crippen LogP contribution in [0.2, 0.25) is 0 Å². The number of carbonyl (C=O) groups excluding carboxylic acids is 1. The first-order valence-electron chi connectivity index (χ1n) is 5.98. The highest BCUT2D eigenvalue weighted by atomic mass is 16.5. The van der Waals surface area contributed by atoms with E-state index >= 15 is 0 Å². The third-order valence-corrected chi connectivity index (χ3v) is 2.78. The van der Waals surface area contributed by atoms with Crippen molar-refractivity contribution < 1.29 is 9.53 Å². The van der Waals surface area contributed by atoms with E-state index in [-0.39, 0.29) is 11.5 Å². The fourth-order valence-corrected chi connectivity index (χ4v) is 2.09. The maximum Gasteiger partial charge on any atom is 0.307 e. The number of rotatable bonds is 8. The van der Waals surface area contributed by atoms with Gasteiger partial charge in [-0.15, -0.1) is 0 Å². The molecule has 0 aliphatic rings. The number of hydrogen-bond acceptors (Lipinski definition) is 3. The topological polar surface area (TPSA) is 38.3 Å². The second kappa shape index (κ2) is 7.69. The predicted octanol–water partition coefficient (Wildman–Crippen LogP) is 2.50. The third-order valence-electron chi connectivity index (χ3n) is 2.78. The van der Waals surface area contributed by atoms with Crippen LogP contribution in [-0.2, 0) is 9.53 Å². The first kappa shape index (κ1) is 14.4. The Morgan fingerprint density at radius 3 is 2.07 bits per heavy atom. The van der Waals surface area contributed by atoms with Crippen molar-refractivity contribution in [2.75, 3.05) is 13.7 Å². The van der Waals surface area contributed by atoms with Gasteiger partial charge in [-0.25, -0.2) is 0 Å². The molecule has 0 aliphatic carbocycles. The molecule has 1 N–H and O–H groups in total. The van der Waals surface area contributed by atoms with E-state index in [1.54, 1.807) is 0 Å². The lowest BCUT2D eigenvalue weighted by Gasteiger charge is -2.32. The zero-order valence-corrected chi connectivity index (χ0v) is 10.6. The van der Waals surface area contributed by atoms with Crippen molar-refractivity contribution >= 4 is 5.97 Å². The predicted molar refractivity (Wildman–Crippen MR) is 62.9 cm³/mol. The van der Waals surface area contributed by atoms with E-state index in [4.69, 9.17) is 4.74 Å². The van der Waals surface area contributed by atoms with Crippen LogP contribution < -0.4 is 5.32 Å². The molecule has 0 saturated heterocycles. The first-order chi connectivity index (χ1) is 7.14. The van der Waals surface area contributed by atoms with Gasteiger partial charge >= 0.3 is 5.97 Å². The second-order valence-electron chi connectivity index (χ2n) is 4.01. The Morgan fingerprint density at radius 2 is 1.73 bits per heavy atom. The van der Waals surface area contributed by atoms with E-state index in [9.17, 15) is 4.79 Å². The molecule has 0 rings (SSSR count). The summed E-state index contributed by atoms with van der Waals surface area (Å²) in [7, 11) is 1.94. The van der Waals surface area contributed by atoms with Gasteiger partial charge in [-0.2, -0.15) is 0 Å². The van der Waals surface area contributed by atoms with Gasteiger partial charge in [-0.1, -0.05) is 26.7 Å². The van der Waals surface area contributed by atoms with Crippen molar-refractivity contribution in [1.29, 1.82) is 0 Å². The molecule has 0 aromatic carbocycles. The Labute approximate surface area is 93.6 Å². The van der Waals surface area contributed by atoms with Gasteiger partial charge in [-0.3, -0.25) is 4.79 Å². The Kier molecular flexibility index (Phi) is 7.39. The van der Waals surface area contributed by atoms with Gasteiger partial charge in [0.15, 0.2) is 0 Å². The zero-order valence-electron chi connectivity index (χ0n) is 10.6. The van der Waals surface area contributed by atoms with Crippen LogP contribution in [0.15, 0.2) is 0 Å². The fourth-order valence-electron chi connectivity index (χ4n) is 2.09. The molecule has 0 aromatic rings. The molecule has 0 spiro atoms. The van der Waals surface area contributed by atoms with E-state index in [0.29, 0.717) is 13.0 Å². The third kappa shape index (κ3) is 5.17. The van der Waals surface area contributed by atoms with Gasteiger partial charge in [0.2, 0.25) is 0 Å². The summed E-state index contributed by atoms with van der Waals surface area (Å²) in [5.41, 5.74) is -0.0598. The number of nitrogens with one attached hydrogen (secondary N) is 1. The number of hydrogen-bond donors (Lipinski definition) is 1. The molecule has 90 valence electrons. The Morgan fingerprint density at radius 1 is 1.20 bits per heavy atom. The fraction of sp³-hybridized carbons (Fsp3) is 0.917. The molecule has 0 unspecified atom stereocenters. The van der Waals surface area contributed by atoms with Crippen LogP contribution in [0.5, 0.6) is 0 Å². The monoisotopic (exact) mass is 215 g/mol. The van der Waals surface area contributed by atoms with Crippen LogP contribution in [0.3, 0.4) is 0 Å². The molecule has 3 heteroatoms. The lowest BCUT2D eigenvalue weighted by Crippen LogP contribution is -2.45. The Bertz CT molecular complexity index is 174. The van der Waals surface area contributed by atoms with E-state index in [2.05, 4.69) is 19.2 Å². The van der Waals surface area contributed by atoms with Crippen molar-refractivity contribution in [3.63, 3.8) is 0 Å². The lowest BCUT2D eigenvalue weighted by atomic mass is 9.85. The molecule has 0 radical (unpaired) electrons. The van der Waals surface area contributed by atoms with Crippen LogP contribution in [0, 0.1) is 0 Å². The van der Waals surface area contributed by atoms with Crippen molar-refractivity contribution in [3.8, 4) is 0 Å². The molecule has 0 aliphatic heterocycles. The molecule has 0 bridgehead atoms. The Hall–Kier alpha value is -0.570. The Balaban J connectivity index is 4.38. The highest BCUT2D eigenvalue weighted by Gasteiger charge is 2.29. The van der Waals surface area contributed by atoms with E-state index < -0.39 is 0 Å². The molecular weight excluding hydrogens is 190 g/mol.